The van der Waals surface area contributed by atoms with Gasteiger partial charge in [-0.1, -0.05) is 60.5 Å². The minimum absolute atomic E-state index is 0.0242. The summed E-state index contributed by atoms with van der Waals surface area (Å²) < 4.78 is 38.8. The number of azo groups is 1. The van der Waals surface area contributed by atoms with Crippen molar-refractivity contribution in [2.24, 2.45) is 10.2 Å². The third kappa shape index (κ3) is 5.99. The van der Waals surface area contributed by atoms with E-state index in [0.717, 1.165) is 6.07 Å². The Labute approximate surface area is 234 Å². The van der Waals surface area contributed by atoms with Gasteiger partial charge in [0.2, 0.25) is 0 Å². The average Bonchev–Trinajstić information content (AvgIpc) is 2.89. The maximum atomic E-state index is 13.3. The molecule has 0 spiro atoms. The second-order valence-electron chi connectivity index (χ2n) is 8.29. The van der Waals surface area contributed by atoms with Crippen molar-refractivity contribution < 1.29 is 27.6 Å². The lowest BCUT2D eigenvalue weighted by Crippen LogP contribution is -2.14. The predicted octanol–water partition coefficient (Wildman–Crippen LogP) is 7.73. The number of aryl methyl sites for hydroxylation is 1. The standard InChI is InChI=1S/C27H23Cl2N3O6S/c1-3-15-12-17(14-22(23(15)29)39(35,36)37)31-32-24-18-9-6-5-8-16(18)13-19(26(24)33)27(34)30-25-20(28)10-7-11-21(25)38-4-2/h5-14,33H,3-4H2,1-2H3,(H,30,34)(H,35,36,37). The molecule has 1 amide bonds. The minimum atomic E-state index is -4.63. The number of amides is 1. The molecule has 0 aromatic heterocycles. The maximum absolute atomic E-state index is 13.3. The zero-order valence-corrected chi connectivity index (χ0v) is 23.1. The molecule has 0 aliphatic carbocycles. The molecule has 9 nitrogen and oxygen atoms in total. The summed E-state index contributed by atoms with van der Waals surface area (Å²) in [5.41, 5.74) is 0.609. The summed E-state index contributed by atoms with van der Waals surface area (Å²) in [6, 6.07) is 15.9. The highest BCUT2D eigenvalue weighted by Crippen LogP contribution is 2.41. The molecule has 0 aliphatic rings. The van der Waals surface area contributed by atoms with Gasteiger partial charge in [0.25, 0.3) is 16.0 Å². The van der Waals surface area contributed by atoms with E-state index in [9.17, 15) is 22.9 Å². The van der Waals surface area contributed by atoms with E-state index in [1.54, 1.807) is 56.3 Å². The third-order valence-electron chi connectivity index (χ3n) is 5.78. The lowest BCUT2D eigenvalue weighted by molar-refractivity contribution is 0.102. The summed E-state index contributed by atoms with van der Waals surface area (Å²) in [5, 5.41) is 23.3. The van der Waals surface area contributed by atoms with E-state index < -0.39 is 26.7 Å². The van der Waals surface area contributed by atoms with E-state index in [1.807, 2.05) is 0 Å². The summed E-state index contributed by atoms with van der Waals surface area (Å²) in [6.07, 6.45) is 0.361. The van der Waals surface area contributed by atoms with Gasteiger partial charge in [0, 0.05) is 5.39 Å². The number of aromatic hydroxyl groups is 1. The number of nitrogens with zero attached hydrogens (tertiary/aromatic N) is 2. The molecule has 0 radical (unpaired) electrons. The Bertz CT molecular complexity index is 1720. The molecule has 0 saturated carbocycles. The number of phenols is 1. The van der Waals surface area contributed by atoms with E-state index in [4.69, 9.17) is 27.9 Å². The zero-order valence-electron chi connectivity index (χ0n) is 20.8. The SMILES string of the molecule is CCOc1cccc(Cl)c1NC(=O)c1cc2ccccc2c(N=Nc2cc(CC)c(Cl)c(S(=O)(=O)O)c2)c1O. The number of carbonyl (C=O) groups is 1. The van der Waals surface area contributed by atoms with Gasteiger partial charge in [0.05, 0.1) is 27.9 Å². The number of fused-ring (bicyclic) bond motifs is 1. The van der Waals surface area contributed by atoms with E-state index >= 15 is 0 Å². The Morgan fingerprint density at radius 3 is 2.46 bits per heavy atom. The Morgan fingerprint density at radius 2 is 1.77 bits per heavy atom. The molecule has 0 unspecified atom stereocenters. The van der Waals surface area contributed by atoms with Gasteiger partial charge in [0.15, 0.2) is 5.75 Å². The van der Waals surface area contributed by atoms with Crippen molar-refractivity contribution >= 4 is 67.1 Å². The summed E-state index contributed by atoms with van der Waals surface area (Å²) in [5.74, 6) is -0.764. The zero-order chi connectivity index (χ0) is 28.3. The van der Waals surface area contributed by atoms with Crippen LogP contribution in [0.3, 0.4) is 0 Å². The molecule has 4 rings (SSSR count). The van der Waals surface area contributed by atoms with Gasteiger partial charge in [-0.15, -0.1) is 5.11 Å². The summed E-state index contributed by atoms with van der Waals surface area (Å²) >= 11 is 12.4. The lowest BCUT2D eigenvalue weighted by Gasteiger charge is -2.15. The molecule has 0 saturated heterocycles. The number of halogens is 2. The van der Waals surface area contributed by atoms with Gasteiger partial charge < -0.3 is 15.2 Å². The van der Waals surface area contributed by atoms with Crippen LogP contribution in [0.4, 0.5) is 17.1 Å². The second-order valence-corrected chi connectivity index (χ2v) is 10.5. The first-order chi connectivity index (χ1) is 18.5. The number of nitrogens with one attached hydrogen (secondary N) is 1. The van der Waals surface area contributed by atoms with Crippen molar-refractivity contribution in [1.29, 1.82) is 0 Å². The van der Waals surface area contributed by atoms with Crippen molar-refractivity contribution in [3.05, 3.63) is 81.8 Å². The summed E-state index contributed by atoms with van der Waals surface area (Å²) in [7, 11) is -4.63. The predicted molar refractivity (Wildman–Crippen MR) is 151 cm³/mol. The smallest absolute Gasteiger partial charge is 0.296 e. The highest BCUT2D eigenvalue weighted by Gasteiger charge is 2.22. The van der Waals surface area contributed by atoms with Crippen molar-refractivity contribution in [3.63, 3.8) is 0 Å². The number of hydrogen-bond acceptors (Lipinski definition) is 7. The summed E-state index contributed by atoms with van der Waals surface area (Å²) in [4.78, 5) is 12.8. The Hall–Kier alpha value is -3.70. The average molecular weight is 588 g/mol. The van der Waals surface area contributed by atoms with Crippen LogP contribution in [0.2, 0.25) is 10.0 Å². The van der Waals surface area contributed by atoms with Gasteiger partial charge >= 0.3 is 0 Å². The van der Waals surface area contributed by atoms with Crippen molar-refractivity contribution in [2.45, 2.75) is 25.2 Å². The number of phenolic OH excluding ortho intramolecular Hbond substituents is 1. The van der Waals surface area contributed by atoms with Crippen LogP contribution in [0.15, 0.2) is 75.8 Å². The lowest BCUT2D eigenvalue weighted by atomic mass is 10.0. The Balaban J connectivity index is 1.82. The molecule has 0 aliphatic heterocycles. The molecule has 4 aromatic carbocycles. The molecular weight excluding hydrogens is 565 g/mol. The number of rotatable bonds is 8. The number of ether oxygens (including phenoxy) is 1. The van der Waals surface area contributed by atoms with Crippen molar-refractivity contribution in [2.75, 3.05) is 11.9 Å². The van der Waals surface area contributed by atoms with Gasteiger partial charge in [0.1, 0.15) is 22.0 Å². The van der Waals surface area contributed by atoms with Crippen molar-refractivity contribution in [3.8, 4) is 11.5 Å². The number of hydrogen-bond donors (Lipinski definition) is 3. The molecule has 3 N–H and O–H groups in total. The highest BCUT2D eigenvalue weighted by molar-refractivity contribution is 7.86. The monoisotopic (exact) mass is 587 g/mol. The molecule has 0 fully saturated rings. The fraction of sp³-hybridized carbons (Fsp3) is 0.148. The molecule has 4 aromatic rings. The fourth-order valence-electron chi connectivity index (χ4n) is 3.92. The van der Waals surface area contributed by atoms with Crippen LogP contribution in [0, 0.1) is 0 Å². The molecule has 0 heterocycles. The topological polar surface area (TPSA) is 138 Å². The molecule has 0 bridgehead atoms. The largest absolute Gasteiger partial charge is 0.505 e. The van der Waals surface area contributed by atoms with Crippen LogP contribution >= 0.6 is 23.2 Å². The van der Waals surface area contributed by atoms with Crippen LogP contribution in [-0.4, -0.2) is 30.6 Å². The maximum Gasteiger partial charge on any atom is 0.296 e. The minimum Gasteiger partial charge on any atom is -0.505 e. The molecular formula is C27H23Cl2N3O6S. The molecule has 39 heavy (non-hydrogen) atoms. The molecule has 12 heteroatoms. The Kier molecular flexibility index (Phi) is 8.41. The summed E-state index contributed by atoms with van der Waals surface area (Å²) in [6.45, 7) is 3.90. The van der Waals surface area contributed by atoms with Crippen LogP contribution < -0.4 is 10.1 Å². The van der Waals surface area contributed by atoms with Crippen molar-refractivity contribution in [1.82, 2.24) is 0 Å². The fourth-order valence-corrected chi connectivity index (χ4v) is 5.30. The first-order valence-electron chi connectivity index (χ1n) is 11.7. The van der Waals surface area contributed by atoms with Crippen LogP contribution in [0.25, 0.3) is 10.8 Å². The second kappa shape index (κ2) is 11.6. The van der Waals surface area contributed by atoms with Gasteiger partial charge in [-0.2, -0.15) is 13.5 Å². The van der Waals surface area contributed by atoms with E-state index in [-0.39, 0.29) is 32.7 Å². The van der Waals surface area contributed by atoms with Crippen LogP contribution in [0.5, 0.6) is 11.5 Å². The molecule has 0 atom stereocenters. The number of benzene rings is 4. The van der Waals surface area contributed by atoms with Gasteiger partial charge in [-0.05, 0) is 54.6 Å². The Morgan fingerprint density at radius 1 is 1.03 bits per heavy atom. The normalized spacial score (nSPS) is 11.7. The number of carbonyl (C=O) groups excluding carboxylic acids is 1. The third-order valence-corrected chi connectivity index (χ3v) is 7.53. The van der Waals surface area contributed by atoms with Gasteiger partial charge in [-0.25, -0.2) is 0 Å². The first-order valence-corrected chi connectivity index (χ1v) is 13.9. The van der Waals surface area contributed by atoms with Gasteiger partial charge in [-0.3, -0.25) is 9.35 Å². The van der Waals surface area contributed by atoms with E-state index in [1.165, 1.54) is 12.1 Å². The number of anilines is 1. The van der Waals surface area contributed by atoms with E-state index in [0.29, 0.717) is 35.1 Å². The molecule has 202 valence electrons. The van der Waals surface area contributed by atoms with Crippen LogP contribution in [-0.2, 0) is 16.5 Å². The quantitative estimate of drug-likeness (QED) is 0.142. The number of para-hydroxylation sites is 1. The first kappa shape index (κ1) is 28.3. The highest BCUT2D eigenvalue weighted by atomic mass is 35.5. The van der Waals surface area contributed by atoms with Crippen LogP contribution in [0.1, 0.15) is 29.8 Å². The van der Waals surface area contributed by atoms with E-state index in [2.05, 4.69) is 15.5 Å².